The van der Waals surface area contributed by atoms with Crippen LogP contribution >= 0.6 is 12.2 Å². The maximum absolute atomic E-state index is 10.7. The molecule has 0 fully saturated rings. The van der Waals surface area contributed by atoms with Gasteiger partial charge in [0.1, 0.15) is 0 Å². The molecule has 3 heteroatoms. The third-order valence-corrected chi connectivity index (χ3v) is 1.73. The number of hydrogen-bond donors (Lipinski definition) is 1. The Balaban J connectivity index is 3.89. The zero-order chi connectivity index (χ0) is 8.85. The first-order valence-electron chi connectivity index (χ1n) is 3.85. The van der Waals surface area contributed by atoms with Gasteiger partial charge in [0, 0.05) is 11.8 Å². The first-order valence-corrected chi connectivity index (χ1v) is 4.26. The number of rotatable bonds is 4. The highest BCUT2D eigenvalue weighted by atomic mass is 32.1. The summed E-state index contributed by atoms with van der Waals surface area (Å²) < 4.78 is 0. The van der Waals surface area contributed by atoms with E-state index in [1.165, 1.54) is 6.92 Å². The molecule has 0 bridgehead atoms. The lowest BCUT2D eigenvalue weighted by Crippen LogP contribution is -2.37. The second-order valence-corrected chi connectivity index (χ2v) is 3.30. The Hall–Kier alpha value is -0.440. The fourth-order valence-corrected chi connectivity index (χ4v) is 1.09. The van der Waals surface area contributed by atoms with E-state index in [1.807, 2.05) is 6.92 Å². The Labute approximate surface area is 73.4 Å². The Morgan fingerprint density at radius 1 is 1.55 bits per heavy atom. The van der Waals surface area contributed by atoms with Gasteiger partial charge in [0.15, 0.2) is 0 Å². The Kier molecular flexibility index (Phi) is 5.03. The molecule has 0 aromatic carbocycles. The average molecular weight is 173 g/mol. The van der Waals surface area contributed by atoms with Gasteiger partial charge in [-0.15, -0.1) is 0 Å². The zero-order valence-corrected chi connectivity index (χ0v) is 8.12. The molecule has 0 saturated heterocycles. The van der Waals surface area contributed by atoms with Gasteiger partial charge < -0.3 is 5.32 Å². The topological polar surface area (TPSA) is 29.1 Å². The average Bonchev–Trinajstić information content (AvgIpc) is 1.86. The minimum atomic E-state index is -0.00681. The molecule has 1 N–H and O–H groups in total. The molecule has 0 aliphatic rings. The van der Waals surface area contributed by atoms with Crippen molar-refractivity contribution in [3.05, 3.63) is 0 Å². The van der Waals surface area contributed by atoms with Crippen LogP contribution in [0.4, 0.5) is 0 Å². The van der Waals surface area contributed by atoms with Crippen LogP contribution in [0.5, 0.6) is 0 Å². The van der Waals surface area contributed by atoms with E-state index in [-0.39, 0.29) is 11.9 Å². The first-order chi connectivity index (χ1) is 5.07. The number of carbonyl (C=O) groups excluding carboxylic acids is 1. The van der Waals surface area contributed by atoms with Crippen LogP contribution in [0.3, 0.4) is 0 Å². The molecule has 0 rings (SSSR count). The van der Waals surface area contributed by atoms with E-state index >= 15 is 0 Å². The van der Waals surface area contributed by atoms with E-state index in [4.69, 9.17) is 12.2 Å². The molecule has 1 amide bonds. The third-order valence-electron chi connectivity index (χ3n) is 1.45. The SMILES string of the molecule is CCCC(NC(C)=O)C(C)=S. The summed E-state index contributed by atoms with van der Waals surface area (Å²) >= 11 is 4.99. The predicted molar refractivity (Wildman–Crippen MR) is 50.8 cm³/mol. The van der Waals surface area contributed by atoms with Crippen molar-refractivity contribution in [3.8, 4) is 0 Å². The minimum Gasteiger partial charge on any atom is -0.349 e. The van der Waals surface area contributed by atoms with Crippen molar-refractivity contribution in [2.24, 2.45) is 0 Å². The fraction of sp³-hybridized carbons (Fsp3) is 0.750. The molecule has 0 aromatic heterocycles. The van der Waals surface area contributed by atoms with Crippen LogP contribution in [0.2, 0.25) is 0 Å². The van der Waals surface area contributed by atoms with E-state index in [2.05, 4.69) is 12.2 Å². The monoisotopic (exact) mass is 173 g/mol. The standard InChI is InChI=1S/C8H15NOS/c1-4-5-8(6(2)11)9-7(3)10/h8H,4-5H2,1-3H3,(H,9,10). The Morgan fingerprint density at radius 3 is 2.36 bits per heavy atom. The second kappa shape index (κ2) is 5.24. The van der Waals surface area contributed by atoms with Crippen LogP contribution in [0.15, 0.2) is 0 Å². The molecule has 0 radical (unpaired) electrons. The van der Waals surface area contributed by atoms with Gasteiger partial charge in [0.25, 0.3) is 0 Å². The summed E-state index contributed by atoms with van der Waals surface area (Å²) in [5.74, 6) is -0.00681. The predicted octanol–water partition coefficient (Wildman–Crippen LogP) is 1.68. The van der Waals surface area contributed by atoms with E-state index in [1.54, 1.807) is 0 Å². The van der Waals surface area contributed by atoms with Gasteiger partial charge in [0.2, 0.25) is 5.91 Å². The van der Waals surface area contributed by atoms with Gasteiger partial charge in [0.05, 0.1) is 6.04 Å². The van der Waals surface area contributed by atoms with Gasteiger partial charge in [-0.25, -0.2) is 0 Å². The molecular formula is C8H15NOS. The lowest BCUT2D eigenvalue weighted by Gasteiger charge is -2.14. The lowest BCUT2D eigenvalue weighted by atomic mass is 10.1. The van der Waals surface area contributed by atoms with Crippen molar-refractivity contribution in [2.75, 3.05) is 0 Å². The van der Waals surface area contributed by atoms with E-state index in [0.717, 1.165) is 17.7 Å². The van der Waals surface area contributed by atoms with Crippen LogP contribution in [0.1, 0.15) is 33.6 Å². The Morgan fingerprint density at radius 2 is 2.09 bits per heavy atom. The maximum atomic E-state index is 10.7. The maximum Gasteiger partial charge on any atom is 0.217 e. The quantitative estimate of drug-likeness (QED) is 0.655. The van der Waals surface area contributed by atoms with Crippen molar-refractivity contribution >= 4 is 23.0 Å². The minimum absolute atomic E-state index is 0.00681. The molecule has 0 aliphatic heterocycles. The van der Waals surface area contributed by atoms with E-state index in [9.17, 15) is 4.79 Å². The van der Waals surface area contributed by atoms with Crippen molar-refractivity contribution < 1.29 is 4.79 Å². The summed E-state index contributed by atoms with van der Waals surface area (Å²) in [4.78, 5) is 11.5. The van der Waals surface area contributed by atoms with Crippen LogP contribution in [-0.2, 0) is 4.79 Å². The summed E-state index contributed by atoms with van der Waals surface area (Å²) in [6.07, 6.45) is 1.98. The van der Waals surface area contributed by atoms with Crippen molar-refractivity contribution in [2.45, 2.75) is 39.7 Å². The molecule has 0 spiro atoms. The van der Waals surface area contributed by atoms with E-state index in [0.29, 0.717) is 0 Å². The van der Waals surface area contributed by atoms with Crippen LogP contribution in [0, 0.1) is 0 Å². The molecular weight excluding hydrogens is 158 g/mol. The molecule has 0 heterocycles. The van der Waals surface area contributed by atoms with E-state index < -0.39 is 0 Å². The van der Waals surface area contributed by atoms with Crippen LogP contribution < -0.4 is 5.32 Å². The molecule has 1 atom stereocenters. The Bertz CT molecular complexity index is 156. The first kappa shape index (κ1) is 10.6. The van der Waals surface area contributed by atoms with Crippen molar-refractivity contribution in [1.29, 1.82) is 0 Å². The number of amides is 1. The zero-order valence-electron chi connectivity index (χ0n) is 7.31. The second-order valence-electron chi connectivity index (χ2n) is 2.65. The molecule has 64 valence electrons. The molecule has 11 heavy (non-hydrogen) atoms. The highest BCUT2D eigenvalue weighted by Gasteiger charge is 2.09. The molecule has 0 aliphatic carbocycles. The molecule has 0 aromatic rings. The number of carbonyl (C=O) groups is 1. The largest absolute Gasteiger partial charge is 0.349 e. The van der Waals surface area contributed by atoms with Crippen LogP contribution in [0.25, 0.3) is 0 Å². The smallest absolute Gasteiger partial charge is 0.217 e. The number of nitrogens with one attached hydrogen (secondary N) is 1. The van der Waals surface area contributed by atoms with Crippen molar-refractivity contribution in [1.82, 2.24) is 5.32 Å². The highest BCUT2D eigenvalue weighted by Crippen LogP contribution is 1.99. The van der Waals surface area contributed by atoms with Crippen LogP contribution in [-0.4, -0.2) is 16.8 Å². The lowest BCUT2D eigenvalue weighted by molar-refractivity contribution is -0.119. The highest BCUT2D eigenvalue weighted by molar-refractivity contribution is 7.80. The van der Waals surface area contributed by atoms with Gasteiger partial charge >= 0.3 is 0 Å². The summed E-state index contributed by atoms with van der Waals surface area (Å²) in [6, 6.07) is 0.0903. The summed E-state index contributed by atoms with van der Waals surface area (Å²) in [7, 11) is 0. The van der Waals surface area contributed by atoms with Gasteiger partial charge in [-0.05, 0) is 13.3 Å². The fourth-order valence-electron chi connectivity index (χ4n) is 0.911. The number of thiocarbonyl (C=S) groups is 1. The summed E-state index contributed by atoms with van der Waals surface area (Å²) in [5.41, 5.74) is 0. The third kappa shape index (κ3) is 4.90. The summed E-state index contributed by atoms with van der Waals surface area (Å²) in [6.45, 7) is 5.46. The molecule has 2 nitrogen and oxygen atoms in total. The molecule has 1 unspecified atom stereocenters. The van der Waals surface area contributed by atoms with Crippen molar-refractivity contribution in [3.63, 3.8) is 0 Å². The van der Waals surface area contributed by atoms with Gasteiger partial charge in [-0.3, -0.25) is 4.79 Å². The molecule has 0 saturated carbocycles. The normalized spacial score (nSPS) is 12.3. The van der Waals surface area contributed by atoms with Gasteiger partial charge in [-0.2, -0.15) is 0 Å². The number of hydrogen-bond acceptors (Lipinski definition) is 2. The summed E-state index contributed by atoms with van der Waals surface area (Å²) in [5, 5.41) is 2.80. The van der Waals surface area contributed by atoms with Gasteiger partial charge in [-0.1, -0.05) is 25.6 Å².